The van der Waals surface area contributed by atoms with E-state index in [2.05, 4.69) is 6.58 Å². The van der Waals surface area contributed by atoms with E-state index in [0.717, 1.165) is 25.7 Å². The van der Waals surface area contributed by atoms with Gasteiger partial charge in [0.1, 0.15) is 6.61 Å². The van der Waals surface area contributed by atoms with E-state index in [-0.39, 0.29) is 12.6 Å². The standard InChI is InChI=1S/C19H35O3/c1-2-18-22-19(21)16-14-12-10-8-6-4-3-5-7-9-11-13-15-17-20/h2H,1,3-18H2. The quantitative estimate of drug-likeness (QED) is 0.199. The van der Waals surface area contributed by atoms with Crippen molar-refractivity contribution in [2.45, 2.75) is 89.9 Å². The Bertz CT molecular complexity index is 251. The first kappa shape index (κ1) is 21.2. The molecule has 22 heavy (non-hydrogen) atoms. The molecule has 0 unspecified atom stereocenters. The molecule has 0 aliphatic carbocycles. The van der Waals surface area contributed by atoms with Gasteiger partial charge in [-0.1, -0.05) is 83.3 Å². The highest BCUT2D eigenvalue weighted by atomic mass is 16.5. The largest absolute Gasteiger partial charge is 0.461 e. The van der Waals surface area contributed by atoms with Crippen LogP contribution in [0.25, 0.3) is 0 Å². The summed E-state index contributed by atoms with van der Waals surface area (Å²) in [6.07, 6.45) is 17.9. The number of carbonyl (C=O) groups is 1. The minimum Gasteiger partial charge on any atom is -0.461 e. The SMILES string of the molecule is C=CCOC(=O)CCCCCCCCCCCCCCC[O]. The minimum absolute atomic E-state index is 0.0933. The van der Waals surface area contributed by atoms with Gasteiger partial charge in [-0.25, -0.2) is 5.11 Å². The Morgan fingerprint density at radius 2 is 1.14 bits per heavy atom. The third-order valence-electron chi connectivity index (χ3n) is 3.89. The van der Waals surface area contributed by atoms with Gasteiger partial charge < -0.3 is 4.74 Å². The van der Waals surface area contributed by atoms with Crippen molar-refractivity contribution in [1.29, 1.82) is 0 Å². The van der Waals surface area contributed by atoms with Gasteiger partial charge in [0, 0.05) is 6.42 Å². The van der Waals surface area contributed by atoms with Crippen LogP contribution in [0.2, 0.25) is 0 Å². The maximum Gasteiger partial charge on any atom is 0.306 e. The highest BCUT2D eigenvalue weighted by molar-refractivity contribution is 5.69. The Labute approximate surface area is 137 Å². The second-order valence-electron chi connectivity index (χ2n) is 6.02. The number of hydrogen-bond donors (Lipinski definition) is 0. The number of esters is 1. The summed E-state index contributed by atoms with van der Waals surface area (Å²) in [5, 5.41) is 10.3. The van der Waals surface area contributed by atoms with Crippen LogP contribution in [0.5, 0.6) is 0 Å². The third-order valence-corrected chi connectivity index (χ3v) is 3.89. The number of hydrogen-bond acceptors (Lipinski definition) is 2. The van der Waals surface area contributed by atoms with E-state index in [0.29, 0.717) is 13.0 Å². The number of carbonyl (C=O) groups excluding carboxylic acids is 1. The van der Waals surface area contributed by atoms with Gasteiger partial charge >= 0.3 is 5.97 Å². The van der Waals surface area contributed by atoms with Gasteiger partial charge in [-0.2, -0.15) is 0 Å². The van der Waals surface area contributed by atoms with Crippen LogP contribution in [0.3, 0.4) is 0 Å². The Kier molecular flexibility index (Phi) is 17.5. The molecule has 3 heteroatoms. The predicted molar refractivity (Wildman–Crippen MR) is 91.3 cm³/mol. The van der Waals surface area contributed by atoms with Crippen LogP contribution in [-0.4, -0.2) is 19.2 Å². The van der Waals surface area contributed by atoms with E-state index < -0.39 is 0 Å². The first-order valence-electron chi connectivity index (χ1n) is 9.16. The zero-order valence-corrected chi connectivity index (χ0v) is 14.3. The molecule has 0 aromatic rings. The van der Waals surface area contributed by atoms with E-state index in [4.69, 9.17) is 4.74 Å². The Balaban J connectivity index is 3.05. The summed E-state index contributed by atoms with van der Waals surface area (Å²) >= 11 is 0. The van der Waals surface area contributed by atoms with E-state index >= 15 is 0 Å². The van der Waals surface area contributed by atoms with Crippen molar-refractivity contribution in [2.75, 3.05) is 13.2 Å². The lowest BCUT2D eigenvalue weighted by atomic mass is 10.0. The molecule has 0 fully saturated rings. The molecule has 0 rings (SSSR count). The first-order chi connectivity index (χ1) is 10.8. The summed E-state index contributed by atoms with van der Waals surface area (Å²) in [7, 11) is 0. The third kappa shape index (κ3) is 17.2. The monoisotopic (exact) mass is 311 g/mol. The smallest absolute Gasteiger partial charge is 0.306 e. The van der Waals surface area contributed by atoms with Gasteiger partial charge in [0.2, 0.25) is 0 Å². The highest BCUT2D eigenvalue weighted by Gasteiger charge is 2.00. The molecule has 0 saturated heterocycles. The molecule has 0 bridgehead atoms. The molecule has 3 nitrogen and oxygen atoms in total. The Hall–Kier alpha value is -0.830. The summed E-state index contributed by atoms with van der Waals surface area (Å²) in [5.41, 5.74) is 0. The van der Waals surface area contributed by atoms with Crippen LogP contribution in [-0.2, 0) is 14.6 Å². The van der Waals surface area contributed by atoms with Gasteiger partial charge in [0.15, 0.2) is 0 Å². The summed E-state index contributed by atoms with van der Waals surface area (Å²) in [4.78, 5) is 11.2. The van der Waals surface area contributed by atoms with Crippen molar-refractivity contribution in [1.82, 2.24) is 0 Å². The molecule has 0 atom stereocenters. The normalized spacial score (nSPS) is 10.6. The van der Waals surface area contributed by atoms with E-state index in [9.17, 15) is 9.90 Å². The lowest BCUT2D eigenvalue weighted by Crippen LogP contribution is -2.03. The lowest BCUT2D eigenvalue weighted by Gasteiger charge is -2.03. The fraction of sp³-hybridized carbons (Fsp3) is 0.842. The molecule has 0 aromatic heterocycles. The highest BCUT2D eigenvalue weighted by Crippen LogP contribution is 2.13. The van der Waals surface area contributed by atoms with Gasteiger partial charge in [0.25, 0.3) is 0 Å². The van der Waals surface area contributed by atoms with E-state index in [1.807, 2.05) is 0 Å². The second kappa shape index (κ2) is 18.2. The number of unbranched alkanes of at least 4 members (excludes halogenated alkanes) is 12. The molecule has 1 radical (unpaired) electrons. The number of ether oxygens (including phenoxy) is 1. The van der Waals surface area contributed by atoms with Crippen LogP contribution in [0.4, 0.5) is 0 Å². The summed E-state index contributed by atoms with van der Waals surface area (Å²) in [5.74, 6) is -0.102. The van der Waals surface area contributed by atoms with Crippen LogP contribution < -0.4 is 0 Å². The van der Waals surface area contributed by atoms with Crippen LogP contribution >= 0.6 is 0 Å². The first-order valence-corrected chi connectivity index (χ1v) is 9.16. The maximum atomic E-state index is 11.2. The zero-order valence-electron chi connectivity index (χ0n) is 14.3. The number of rotatable bonds is 17. The van der Waals surface area contributed by atoms with Crippen molar-refractivity contribution >= 4 is 5.97 Å². The van der Waals surface area contributed by atoms with Crippen LogP contribution in [0.15, 0.2) is 12.7 Å². The van der Waals surface area contributed by atoms with Crippen molar-refractivity contribution in [3.8, 4) is 0 Å². The molecular formula is C19H35O3. The van der Waals surface area contributed by atoms with Crippen LogP contribution in [0, 0.1) is 0 Å². The van der Waals surface area contributed by atoms with Gasteiger partial charge in [-0.15, -0.1) is 0 Å². The zero-order chi connectivity index (χ0) is 16.3. The second-order valence-corrected chi connectivity index (χ2v) is 6.02. The summed E-state index contributed by atoms with van der Waals surface area (Å²) < 4.78 is 4.93. The predicted octanol–water partition coefficient (Wildman–Crippen LogP) is 5.61. The topological polar surface area (TPSA) is 46.2 Å². The molecule has 0 heterocycles. The van der Waals surface area contributed by atoms with Crippen molar-refractivity contribution < 1.29 is 14.6 Å². The van der Waals surface area contributed by atoms with Gasteiger partial charge in [0.05, 0.1) is 6.61 Å². The van der Waals surface area contributed by atoms with Gasteiger partial charge in [-0.3, -0.25) is 4.79 Å². The minimum atomic E-state index is -0.102. The van der Waals surface area contributed by atoms with Gasteiger partial charge in [-0.05, 0) is 12.8 Å². The van der Waals surface area contributed by atoms with Crippen molar-refractivity contribution in [3.63, 3.8) is 0 Å². The average molecular weight is 311 g/mol. The summed E-state index contributed by atoms with van der Waals surface area (Å²) in [6, 6.07) is 0. The molecule has 0 saturated carbocycles. The van der Waals surface area contributed by atoms with E-state index in [1.54, 1.807) is 6.08 Å². The molecular weight excluding hydrogens is 276 g/mol. The Morgan fingerprint density at radius 3 is 1.55 bits per heavy atom. The fourth-order valence-electron chi connectivity index (χ4n) is 2.54. The molecule has 0 aliphatic heterocycles. The van der Waals surface area contributed by atoms with Crippen molar-refractivity contribution in [2.24, 2.45) is 0 Å². The Morgan fingerprint density at radius 1 is 0.727 bits per heavy atom. The lowest BCUT2D eigenvalue weighted by molar-refractivity contribution is -0.142. The molecule has 0 N–H and O–H groups in total. The molecule has 0 amide bonds. The summed E-state index contributed by atoms with van der Waals surface area (Å²) in [6.45, 7) is 3.94. The maximum absolute atomic E-state index is 11.2. The molecule has 0 aliphatic rings. The van der Waals surface area contributed by atoms with Crippen molar-refractivity contribution in [3.05, 3.63) is 12.7 Å². The average Bonchev–Trinajstić information content (AvgIpc) is 2.53. The fourth-order valence-corrected chi connectivity index (χ4v) is 2.54. The van der Waals surface area contributed by atoms with Crippen LogP contribution in [0.1, 0.15) is 89.9 Å². The molecule has 0 spiro atoms. The van der Waals surface area contributed by atoms with E-state index in [1.165, 1.54) is 57.8 Å². The molecule has 129 valence electrons. The molecule has 0 aromatic carbocycles.